The maximum Gasteiger partial charge on any atom is 0.100 e. The van der Waals surface area contributed by atoms with Crippen molar-refractivity contribution in [1.29, 1.82) is 0 Å². The van der Waals surface area contributed by atoms with Crippen LogP contribution in [0.1, 0.15) is 52.9 Å². The van der Waals surface area contributed by atoms with Crippen LogP contribution in [0.4, 0.5) is 0 Å². The fraction of sp³-hybridized carbons (Fsp3) is 1.00. The van der Waals surface area contributed by atoms with Gasteiger partial charge in [0.05, 0.1) is 0 Å². The lowest BCUT2D eigenvalue weighted by Crippen LogP contribution is -2.39. The maximum atomic E-state index is 2.50. The largest absolute Gasteiger partial charge is 0.100 e. The Morgan fingerprint density at radius 3 is 1.73 bits per heavy atom. The topological polar surface area (TPSA) is 0 Å². The van der Waals surface area contributed by atoms with E-state index in [0.717, 1.165) is 17.8 Å². The van der Waals surface area contributed by atoms with Crippen molar-refractivity contribution in [3.63, 3.8) is 0 Å². The van der Waals surface area contributed by atoms with Crippen LogP contribution in [0.5, 0.6) is 0 Å². The number of rotatable bonds is 1. The molecule has 84 valence electrons. The first-order chi connectivity index (χ1) is 6.80. The van der Waals surface area contributed by atoms with E-state index < -0.39 is 0 Å². The molecule has 2 bridgehead atoms. The lowest BCUT2D eigenvalue weighted by Gasteiger charge is -2.48. The Balaban J connectivity index is 2.11. The molecule has 0 nitrogen and oxygen atoms in total. The number of hydrogen-bond donors (Lipinski definition) is 0. The second-order valence-corrected chi connectivity index (χ2v) is 7.69. The van der Waals surface area contributed by atoms with Crippen LogP contribution in [0, 0.1) is 23.2 Å². The molecule has 0 aromatic carbocycles. The molecule has 0 saturated heterocycles. The molecule has 0 amide bonds. The van der Waals surface area contributed by atoms with Gasteiger partial charge in [-0.25, -0.2) is 0 Å². The van der Waals surface area contributed by atoms with Gasteiger partial charge in [-0.05, 0) is 42.4 Å². The lowest BCUT2D eigenvalue weighted by molar-refractivity contribution is 0.169. The SMILES string of the molecule is BC(B)(C1CC2CCC(C2)C1)C(C)(C)C. The third kappa shape index (κ3) is 2.01. The standard InChI is InChI=1S/C13H26B2/c1-12(2,3)13(14,15)11-7-9-4-5-10(6-9)8-11/h9-11H,4-8,14-15H2,1-3H3. The van der Waals surface area contributed by atoms with Crippen LogP contribution in [0.15, 0.2) is 0 Å². The van der Waals surface area contributed by atoms with E-state index in [9.17, 15) is 0 Å². The first kappa shape index (κ1) is 11.6. The summed E-state index contributed by atoms with van der Waals surface area (Å²) in [6, 6.07) is 0. The molecule has 2 rings (SSSR count). The Bertz CT molecular complexity index is 227. The zero-order chi connectivity index (χ0) is 11.3. The Labute approximate surface area is 97.4 Å². The molecule has 0 spiro atoms. The van der Waals surface area contributed by atoms with Gasteiger partial charge in [0, 0.05) is 0 Å². The Morgan fingerprint density at radius 1 is 0.867 bits per heavy atom. The van der Waals surface area contributed by atoms with Crippen molar-refractivity contribution in [2.24, 2.45) is 23.2 Å². The molecule has 2 saturated carbocycles. The summed E-state index contributed by atoms with van der Waals surface area (Å²) in [5, 5.41) is 0.508. The quantitative estimate of drug-likeness (QED) is 0.574. The van der Waals surface area contributed by atoms with Crippen LogP contribution in [-0.4, -0.2) is 15.7 Å². The first-order valence-corrected chi connectivity index (χ1v) is 6.80. The maximum absolute atomic E-state index is 2.50. The molecule has 2 aliphatic carbocycles. The van der Waals surface area contributed by atoms with Crippen molar-refractivity contribution in [3.05, 3.63) is 0 Å². The predicted octanol–water partition coefficient (Wildman–Crippen LogP) is 2.24. The second kappa shape index (κ2) is 3.57. The second-order valence-electron chi connectivity index (χ2n) is 7.69. The average Bonchev–Trinajstić information content (AvgIpc) is 2.43. The van der Waals surface area contributed by atoms with Gasteiger partial charge in [-0.1, -0.05) is 38.8 Å². The summed E-state index contributed by atoms with van der Waals surface area (Å²) in [6.07, 6.45) is 7.64. The van der Waals surface area contributed by atoms with Crippen LogP contribution in [-0.2, 0) is 0 Å². The van der Waals surface area contributed by atoms with E-state index in [1.807, 2.05) is 0 Å². The average molecular weight is 204 g/mol. The Hall–Kier alpha value is 0.130. The molecule has 2 fully saturated rings. The minimum Gasteiger partial charge on any atom is -0.0771 e. The molecule has 0 aliphatic heterocycles. The summed E-state index contributed by atoms with van der Waals surface area (Å²) in [5.74, 6) is 3.13. The summed E-state index contributed by atoms with van der Waals surface area (Å²) in [6.45, 7) is 7.26. The summed E-state index contributed by atoms with van der Waals surface area (Å²) >= 11 is 0. The molecule has 2 aliphatic rings. The summed E-state index contributed by atoms with van der Waals surface area (Å²) in [5.41, 5.74) is 0.453. The summed E-state index contributed by atoms with van der Waals surface area (Å²) < 4.78 is 0. The highest BCUT2D eigenvalue weighted by molar-refractivity contribution is 6.40. The van der Waals surface area contributed by atoms with Crippen LogP contribution in [0.3, 0.4) is 0 Å². The monoisotopic (exact) mass is 204 g/mol. The summed E-state index contributed by atoms with van der Waals surface area (Å²) in [7, 11) is 5.00. The fourth-order valence-corrected chi connectivity index (χ4v) is 3.71. The van der Waals surface area contributed by atoms with Gasteiger partial charge in [0.15, 0.2) is 0 Å². The van der Waals surface area contributed by atoms with Gasteiger partial charge in [0.1, 0.15) is 15.7 Å². The van der Waals surface area contributed by atoms with Crippen molar-refractivity contribution in [2.45, 2.75) is 58.1 Å². The van der Waals surface area contributed by atoms with E-state index in [4.69, 9.17) is 0 Å². The van der Waals surface area contributed by atoms with Crippen molar-refractivity contribution in [3.8, 4) is 0 Å². The van der Waals surface area contributed by atoms with E-state index in [-0.39, 0.29) is 0 Å². The Morgan fingerprint density at radius 2 is 1.33 bits per heavy atom. The fourth-order valence-electron chi connectivity index (χ4n) is 3.71. The van der Waals surface area contributed by atoms with Gasteiger partial charge in [-0.2, -0.15) is 0 Å². The Kier molecular flexibility index (Phi) is 2.76. The third-order valence-corrected chi connectivity index (χ3v) is 5.84. The molecular weight excluding hydrogens is 178 g/mol. The highest BCUT2D eigenvalue weighted by Gasteiger charge is 2.45. The van der Waals surface area contributed by atoms with Crippen LogP contribution >= 0.6 is 0 Å². The van der Waals surface area contributed by atoms with E-state index in [2.05, 4.69) is 36.5 Å². The predicted molar refractivity (Wildman–Crippen MR) is 72.8 cm³/mol. The normalized spacial score (nSPS) is 36.9. The number of fused-ring (bicyclic) bond motifs is 2. The van der Waals surface area contributed by atoms with Gasteiger partial charge >= 0.3 is 0 Å². The van der Waals surface area contributed by atoms with Crippen molar-refractivity contribution in [1.82, 2.24) is 0 Å². The van der Waals surface area contributed by atoms with Gasteiger partial charge in [-0.15, -0.1) is 0 Å². The minimum atomic E-state index is 0.453. The lowest BCUT2D eigenvalue weighted by atomic mass is 9.37. The van der Waals surface area contributed by atoms with Crippen molar-refractivity contribution >= 4 is 15.7 Å². The van der Waals surface area contributed by atoms with Gasteiger partial charge in [-0.3, -0.25) is 0 Å². The van der Waals surface area contributed by atoms with Crippen molar-refractivity contribution in [2.75, 3.05) is 0 Å². The van der Waals surface area contributed by atoms with E-state index in [1.54, 1.807) is 6.42 Å². The van der Waals surface area contributed by atoms with Gasteiger partial charge < -0.3 is 0 Å². The molecule has 0 aromatic rings. The van der Waals surface area contributed by atoms with Crippen LogP contribution in [0.2, 0.25) is 5.21 Å². The van der Waals surface area contributed by atoms with E-state index in [1.165, 1.54) is 25.7 Å². The zero-order valence-corrected chi connectivity index (χ0v) is 11.3. The van der Waals surface area contributed by atoms with Gasteiger partial charge in [0.2, 0.25) is 0 Å². The van der Waals surface area contributed by atoms with Crippen molar-refractivity contribution < 1.29 is 0 Å². The smallest absolute Gasteiger partial charge is 0.0771 e. The summed E-state index contributed by atoms with van der Waals surface area (Å²) in [4.78, 5) is 0. The zero-order valence-electron chi connectivity index (χ0n) is 11.3. The molecule has 2 heteroatoms. The molecular formula is C13H26B2. The molecule has 0 aromatic heterocycles. The molecule has 0 heterocycles. The van der Waals surface area contributed by atoms with E-state index in [0.29, 0.717) is 10.6 Å². The minimum absolute atomic E-state index is 0.453. The van der Waals surface area contributed by atoms with Crippen LogP contribution in [0.25, 0.3) is 0 Å². The third-order valence-electron chi connectivity index (χ3n) is 5.84. The first-order valence-electron chi connectivity index (χ1n) is 6.80. The molecule has 0 N–H and O–H groups in total. The molecule has 15 heavy (non-hydrogen) atoms. The highest BCUT2D eigenvalue weighted by Crippen LogP contribution is 2.56. The van der Waals surface area contributed by atoms with Gasteiger partial charge in [0.25, 0.3) is 0 Å². The highest BCUT2D eigenvalue weighted by atomic mass is 14.5. The van der Waals surface area contributed by atoms with E-state index >= 15 is 0 Å². The molecule has 2 unspecified atom stereocenters. The molecule has 2 atom stereocenters. The molecule has 0 radical (unpaired) electrons. The number of hydrogen-bond acceptors (Lipinski definition) is 0. The van der Waals surface area contributed by atoms with Crippen LogP contribution < -0.4 is 0 Å².